The van der Waals surface area contributed by atoms with Gasteiger partial charge in [-0.1, -0.05) is 52.8 Å². The number of fused-ring (bicyclic) bond motifs is 2. The van der Waals surface area contributed by atoms with Crippen LogP contribution in [0.5, 0.6) is 5.75 Å². The number of amides is 1. The molecular weight excluding hydrogens is 733 g/mol. The number of nitrogens with one attached hydrogen (secondary N) is 1. The number of aliphatic hydroxyl groups is 2. The number of nitrogens with two attached hydrogens (primary N) is 1. The molecule has 9 atom stereocenters. The van der Waals surface area contributed by atoms with E-state index < -0.39 is 24.2 Å². The molecule has 6 rings (SSSR count). The number of ether oxygens (including phenoxy) is 1. The topological polar surface area (TPSA) is 152 Å². The standard InChI is InChI=1S/C45H72N8O5/c1-26(2)17-33(23-47-44(51(9)10)52(11)12)48-42(46)31-18-30(19-34(20-31)50(7)8)35-16-14-15-29(41(35)57-13)24-53-40(39(28(4)55)38(25-54)58-53)43(56)49-37-22-32-21-36(27(37)3)45(32,5)6/h14-16,18-20,26-28,32-33,36-40,54-55H,17,21-25H2,1-13H3,(H2,46,48)(H,49,56)/t27-,28-,32+,33+,36-,37-,38-,39-,40-/m0/s1. The second-order valence-electron chi connectivity index (χ2n) is 18.6. The zero-order chi connectivity index (χ0) is 42.8. The lowest BCUT2D eigenvalue weighted by Crippen LogP contribution is -2.62. The molecule has 4 aliphatic rings. The van der Waals surface area contributed by atoms with Gasteiger partial charge in [0.05, 0.1) is 39.0 Å². The maximum Gasteiger partial charge on any atom is 0.240 e. The van der Waals surface area contributed by atoms with E-state index in [1.807, 2.05) is 87.3 Å². The van der Waals surface area contributed by atoms with Crippen LogP contribution in [0.2, 0.25) is 0 Å². The number of anilines is 1. The first-order valence-electron chi connectivity index (χ1n) is 21.0. The summed E-state index contributed by atoms with van der Waals surface area (Å²) in [6, 6.07) is 11.2. The molecule has 1 amide bonds. The molecule has 1 heterocycles. The Bertz CT molecular complexity index is 1780. The van der Waals surface area contributed by atoms with Crippen LogP contribution < -0.4 is 20.7 Å². The Morgan fingerprint density at radius 3 is 2.33 bits per heavy atom. The number of rotatable bonds is 15. The number of para-hydroxylation sites is 1. The second-order valence-corrected chi connectivity index (χ2v) is 18.6. The number of amidine groups is 1. The molecule has 3 aliphatic carbocycles. The highest BCUT2D eigenvalue weighted by Gasteiger charge is 2.57. The van der Waals surface area contributed by atoms with Crippen molar-refractivity contribution >= 4 is 23.4 Å². The number of methoxy groups -OCH3 is 1. The fourth-order valence-electron chi connectivity index (χ4n) is 9.86. The number of hydroxylamine groups is 2. The highest BCUT2D eigenvalue weighted by molar-refractivity contribution is 6.00. The molecule has 2 aromatic carbocycles. The van der Waals surface area contributed by atoms with Gasteiger partial charge in [-0.3, -0.25) is 19.6 Å². The Kier molecular flexibility index (Phi) is 14.5. The van der Waals surface area contributed by atoms with Gasteiger partial charge in [0.1, 0.15) is 23.7 Å². The van der Waals surface area contributed by atoms with Gasteiger partial charge in [-0.05, 0) is 79.0 Å². The Morgan fingerprint density at radius 2 is 1.78 bits per heavy atom. The molecule has 58 heavy (non-hydrogen) atoms. The highest BCUT2D eigenvalue weighted by Crippen LogP contribution is 2.61. The van der Waals surface area contributed by atoms with Gasteiger partial charge in [-0.15, -0.1) is 0 Å². The van der Waals surface area contributed by atoms with Gasteiger partial charge in [0.15, 0.2) is 5.96 Å². The van der Waals surface area contributed by atoms with Gasteiger partial charge < -0.3 is 40.7 Å². The number of aliphatic hydroxyl groups excluding tert-OH is 2. The summed E-state index contributed by atoms with van der Waals surface area (Å²) in [6.07, 6.45) is 1.34. The molecule has 0 aromatic heterocycles. The van der Waals surface area contributed by atoms with Crippen molar-refractivity contribution in [3.8, 4) is 16.9 Å². The molecule has 13 heteroatoms. The summed E-state index contributed by atoms with van der Waals surface area (Å²) in [5.74, 6) is 2.98. The SMILES string of the molecule is COc1c(CN2O[C@@H](CO)[C@H]([C@H](C)O)[C@H]2C(=O)N[C@H]2C[C@H]3C[C@@H]([C@@H]2C)C3(C)C)cccc1-c1cc(C(N)=N[C@@H](CN=C(N(C)C)N(C)C)CC(C)C)cc(N(C)C)c1. The Balaban J connectivity index is 1.48. The summed E-state index contributed by atoms with van der Waals surface area (Å²) >= 11 is 0. The minimum absolute atomic E-state index is 0.0444. The van der Waals surface area contributed by atoms with Crippen molar-refractivity contribution in [2.75, 3.05) is 67.4 Å². The zero-order valence-corrected chi connectivity index (χ0v) is 37.4. The molecule has 0 radical (unpaired) electrons. The van der Waals surface area contributed by atoms with Crippen molar-refractivity contribution < 1.29 is 24.6 Å². The number of benzene rings is 2. The highest BCUT2D eigenvalue weighted by atomic mass is 16.7. The smallest absolute Gasteiger partial charge is 0.240 e. The van der Waals surface area contributed by atoms with Gasteiger partial charge in [0.25, 0.3) is 0 Å². The third kappa shape index (κ3) is 9.59. The van der Waals surface area contributed by atoms with Gasteiger partial charge in [-0.2, -0.15) is 5.06 Å². The molecule has 2 aromatic rings. The van der Waals surface area contributed by atoms with Crippen LogP contribution in [0.3, 0.4) is 0 Å². The molecule has 3 saturated carbocycles. The number of hydrogen-bond donors (Lipinski definition) is 4. The van der Waals surface area contributed by atoms with Crippen molar-refractivity contribution in [2.45, 2.75) is 97.7 Å². The third-order valence-electron chi connectivity index (χ3n) is 13.0. The van der Waals surface area contributed by atoms with E-state index in [0.29, 0.717) is 41.8 Å². The number of guanidine groups is 1. The monoisotopic (exact) mass is 805 g/mol. The van der Waals surface area contributed by atoms with Crippen LogP contribution in [0.1, 0.15) is 71.9 Å². The van der Waals surface area contributed by atoms with Crippen molar-refractivity contribution in [2.24, 2.45) is 50.7 Å². The number of carbonyl (C=O) groups excluding carboxylic acids is 1. The Labute approximate surface area is 347 Å². The van der Waals surface area contributed by atoms with Crippen LogP contribution in [0, 0.1) is 35.0 Å². The lowest BCUT2D eigenvalue weighted by atomic mass is 9.45. The number of aliphatic imine (C=N–C) groups is 2. The lowest BCUT2D eigenvalue weighted by molar-refractivity contribution is -0.183. The maximum atomic E-state index is 14.3. The minimum atomic E-state index is -0.892. The van der Waals surface area contributed by atoms with Crippen LogP contribution in [0.15, 0.2) is 46.4 Å². The molecule has 5 N–H and O–H groups in total. The lowest BCUT2D eigenvalue weighted by Gasteiger charge is -2.62. The van der Waals surface area contributed by atoms with E-state index in [-0.39, 0.29) is 36.6 Å². The van der Waals surface area contributed by atoms with Gasteiger partial charge >= 0.3 is 0 Å². The maximum absolute atomic E-state index is 14.3. The molecule has 1 saturated heterocycles. The average molecular weight is 805 g/mol. The largest absolute Gasteiger partial charge is 0.496 e. The van der Waals surface area contributed by atoms with Crippen LogP contribution in [-0.2, 0) is 16.2 Å². The van der Waals surface area contributed by atoms with Crippen LogP contribution >= 0.6 is 0 Å². The van der Waals surface area contributed by atoms with E-state index in [2.05, 4.69) is 46.0 Å². The Hall–Kier alpha value is -3.91. The first kappa shape index (κ1) is 45.2. The fraction of sp³-hybridized carbons (Fsp3) is 0.667. The quantitative estimate of drug-likeness (QED) is 0.148. The molecule has 0 unspecified atom stereocenters. The van der Waals surface area contributed by atoms with E-state index in [4.69, 9.17) is 25.3 Å². The van der Waals surface area contributed by atoms with E-state index in [1.165, 1.54) is 6.42 Å². The zero-order valence-electron chi connectivity index (χ0n) is 37.4. The first-order valence-corrected chi connectivity index (χ1v) is 21.0. The summed E-state index contributed by atoms with van der Waals surface area (Å²) in [5, 5.41) is 26.4. The molecule has 13 nitrogen and oxygen atoms in total. The summed E-state index contributed by atoms with van der Waals surface area (Å²) in [4.78, 5) is 36.7. The van der Waals surface area contributed by atoms with Crippen molar-refractivity contribution in [1.82, 2.24) is 20.2 Å². The average Bonchev–Trinajstić information content (AvgIpc) is 3.53. The summed E-state index contributed by atoms with van der Waals surface area (Å²) < 4.78 is 6.16. The van der Waals surface area contributed by atoms with Crippen molar-refractivity contribution in [3.05, 3.63) is 47.5 Å². The summed E-state index contributed by atoms with van der Waals surface area (Å²) in [5.41, 5.74) is 11.4. The van der Waals surface area contributed by atoms with E-state index in [0.717, 1.165) is 46.7 Å². The van der Waals surface area contributed by atoms with E-state index >= 15 is 0 Å². The first-order chi connectivity index (χ1) is 27.3. The molecule has 0 spiro atoms. The normalized spacial score (nSPS) is 26.4. The van der Waals surface area contributed by atoms with Crippen molar-refractivity contribution in [3.63, 3.8) is 0 Å². The second kappa shape index (κ2) is 18.6. The molecule has 322 valence electrons. The fourth-order valence-corrected chi connectivity index (χ4v) is 9.86. The third-order valence-corrected chi connectivity index (χ3v) is 13.0. The molecule has 1 aliphatic heterocycles. The van der Waals surface area contributed by atoms with Gasteiger partial charge in [-0.25, -0.2) is 0 Å². The number of nitrogens with zero attached hydrogens (tertiary/aromatic N) is 6. The van der Waals surface area contributed by atoms with Crippen molar-refractivity contribution in [1.29, 1.82) is 0 Å². The van der Waals surface area contributed by atoms with E-state index in [9.17, 15) is 15.0 Å². The van der Waals surface area contributed by atoms with Gasteiger partial charge in [0, 0.05) is 76.6 Å². The van der Waals surface area contributed by atoms with Crippen LogP contribution in [-0.4, -0.2) is 136 Å². The Morgan fingerprint density at radius 1 is 1.09 bits per heavy atom. The summed E-state index contributed by atoms with van der Waals surface area (Å²) in [6.45, 7) is 13.3. The number of hydrogen-bond acceptors (Lipinski definition) is 9. The number of carbonyl (C=O) groups is 1. The van der Waals surface area contributed by atoms with Crippen LogP contribution in [0.4, 0.5) is 5.69 Å². The van der Waals surface area contributed by atoms with Gasteiger partial charge in [0.2, 0.25) is 5.91 Å². The molecule has 4 fully saturated rings. The van der Waals surface area contributed by atoms with E-state index in [1.54, 1.807) is 19.1 Å². The minimum Gasteiger partial charge on any atom is -0.496 e. The molecule has 2 bridgehead atoms. The van der Waals surface area contributed by atoms with Crippen LogP contribution in [0.25, 0.3) is 11.1 Å². The molecular formula is C45H72N8O5. The summed E-state index contributed by atoms with van der Waals surface area (Å²) in [7, 11) is 13.6. The predicted molar refractivity (Wildman–Crippen MR) is 234 cm³/mol. The predicted octanol–water partition coefficient (Wildman–Crippen LogP) is 4.69.